The molecule has 2 unspecified atom stereocenters. The summed E-state index contributed by atoms with van der Waals surface area (Å²) in [6, 6.07) is 15.3. The maximum absolute atomic E-state index is 12.4. The van der Waals surface area contributed by atoms with E-state index in [4.69, 9.17) is 4.74 Å². The molecule has 0 heterocycles. The smallest absolute Gasteiger partial charge is 0.407 e. The minimum atomic E-state index is -1.02. The van der Waals surface area contributed by atoms with Gasteiger partial charge in [0.05, 0.1) is 0 Å². The van der Waals surface area contributed by atoms with Crippen LogP contribution in [0.25, 0.3) is 11.1 Å². The Hall–Kier alpha value is -2.82. The molecule has 0 spiro atoms. The summed E-state index contributed by atoms with van der Waals surface area (Å²) in [5.41, 5.74) is 4.58. The van der Waals surface area contributed by atoms with Gasteiger partial charge in [0.1, 0.15) is 12.6 Å². The highest BCUT2D eigenvalue weighted by atomic mass is 16.5. The van der Waals surface area contributed by atoms with Crippen molar-refractivity contribution in [1.29, 1.82) is 0 Å². The third-order valence-electron chi connectivity index (χ3n) is 6.32. The number of carbonyl (C=O) groups excluding carboxylic acids is 1. The molecule has 3 rings (SSSR count). The number of carboxylic acid groups (broad SMARTS) is 1. The zero-order valence-corrected chi connectivity index (χ0v) is 18.5. The molecule has 0 saturated heterocycles. The average Bonchev–Trinajstić information content (AvgIpc) is 3.10. The topological polar surface area (TPSA) is 75.6 Å². The Bertz CT molecular complexity index is 849. The van der Waals surface area contributed by atoms with Gasteiger partial charge in [0.25, 0.3) is 0 Å². The Labute approximate surface area is 184 Å². The third kappa shape index (κ3) is 5.87. The van der Waals surface area contributed by atoms with Gasteiger partial charge in [-0.2, -0.15) is 0 Å². The number of aliphatic carboxylic acids is 1. The molecule has 0 aromatic heterocycles. The van der Waals surface area contributed by atoms with Gasteiger partial charge in [0, 0.05) is 5.92 Å². The van der Waals surface area contributed by atoms with E-state index in [0.29, 0.717) is 12.3 Å². The predicted molar refractivity (Wildman–Crippen MR) is 122 cm³/mol. The van der Waals surface area contributed by atoms with Crippen molar-refractivity contribution >= 4 is 12.1 Å². The lowest BCUT2D eigenvalue weighted by atomic mass is 9.98. The van der Waals surface area contributed by atoms with Crippen LogP contribution in [0.15, 0.2) is 48.5 Å². The standard InChI is InChI=1S/C26H33NO4/c1-3-18(2)11-5-4-6-16-24(25(28)29)27-26(30)31-17-23-21-14-9-7-12-19(21)20-13-8-10-15-22(20)23/h7-10,12-15,18,23-24H,3-6,11,16-17H2,1-2H3,(H,27,30)(H,28,29). The normalized spacial score (nSPS) is 14.4. The number of benzene rings is 2. The summed E-state index contributed by atoms with van der Waals surface area (Å²) in [4.78, 5) is 23.9. The molecule has 0 bridgehead atoms. The molecule has 1 aliphatic rings. The van der Waals surface area contributed by atoms with E-state index in [2.05, 4.69) is 43.4 Å². The van der Waals surface area contributed by atoms with Crippen molar-refractivity contribution in [3.63, 3.8) is 0 Å². The zero-order chi connectivity index (χ0) is 22.2. The second kappa shape index (κ2) is 11.0. The SMILES string of the molecule is CCC(C)CCCCCC(NC(=O)OCC1c2ccccc2-c2ccccc21)C(=O)O. The van der Waals surface area contributed by atoms with Gasteiger partial charge in [0.15, 0.2) is 0 Å². The number of amides is 1. The zero-order valence-electron chi connectivity index (χ0n) is 18.5. The van der Waals surface area contributed by atoms with Crippen LogP contribution in [0.1, 0.15) is 69.4 Å². The number of carbonyl (C=O) groups is 2. The lowest BCUT2D eigenvalue weighted by molar-refractivity contribution is -0.139. The van der Waals surface area contributed by atoms with Crippen LogP contribution >= 0.6 is 0 Å². The lowest BCUT2D eigenvalue weighted by Crippen LogP contribution is -2.41. The highest BCUT2D eigenvalue weighted by molar-refractivity contribution is 5.81. The number of alkyl carbamates (subject to hydrolysis) is 1. The van der Waals surface area contributed by atoms with E-state index in [1.165, 1.54) is 6.42 Å². The van der Waals surface area contributed by atoms with Crippen LogP contribution in [0.5, 0.6) is 0 Å². The van der Waals surface area contributed by atoms with Gasteiger partial charge in [-0.1, -0.05) is 94.5 Å². The molecule has 2 aromatic carbocycles. The van der Waals surface area contributed by atoms with Gasteiger partial charge < -0.3 is 15.2 Å². The first kappa shape index (κ1) is 22.9. The maximum atomic E-state index is 12.4. The highest BCUT2D eigenvalue weighted by Crippen LogP contribution is 2.44. The van der Waals surface area contributed by atoms with E-state index in [1.54, 1.807) is 0 Å². The summed E-state index contributed by atoms with van der Waals surface area (Å²) >= 11 is 0. The summed E-state index contributed by atoms with van der Waals surface area (Å²) < 4.78 is 5.48. The fourth-order valence-electron chi connectivity index (χ4n) is 4.26. The Kier molecular flexibility index (Phi) is 8.10. The first-order valence-electron chi connectivity index (χ1n) is 11.4. The van der Waals surface area contributed by atoms with Crippen molar-refractivity contribution in [1.82, 2.24) is 5.32 Å². The van der Waals surface area contributed by atoms with E-state index in [1.807, 2.05) is 24.3 Å². The number of hydrogen-bond donors (Lipinski definition) is 2. The molecule has 0 saturated carbocycles. The van der Waals surface area contributed by atoms with Crippen LogP contribution in [0.2, 0.25) is 0 Å². The molecule has 1 aliphatic carbocycles. The van der Waals surface area contributed by atoms with Crippen LogP contribution in [0, 0.1) is 5.92 Å². The molecule has 1 amide bonds. The fourth-order valence-corrected chi connectivity index (χ4v) is 4.26. The molecule has 2 atom stereocenters. The number of ether oxygens (including phenoxy) is 1. The third-order valence-corrected chi connectivity index (χ3v) is 6.32. The molecule has 2 N–H and O–H groups in total. The first-order chi connectivity index (χ1) is 15.0. The van der Waals surface area contributed by atoms with Gasteiger partial charge in [-0.05, 0) is 34.6 Å². The van der Waals surface area contributed by atoms with E-state index >= 15 is 0 Å². The molecule has 0 aliphatic heterocycles. The van der Waals surface area contributed by atoms with Crippen molar-refractivity contribution in [3.8, 4) is 11.1 Å². The van der Waals surface area contributed by atoms with Crippen LogP contribution in [-0.4, -0.2) is 29.8 Å². The Morgan fingerprint density at radius 3 is 2.13 bits per heavy atom. The summed E-state index contributed by atoms with van der Waals surface area (Å²) in [5, 5.41) is 12.0. The van der Waals surface area contributed by atoms with Crippen molar-refractivity contribution in [2.75, 3.05) is 6.61 Å². The molecule has 31 heavy (non-hydrogen) atoms. The Balaban J connectivity index is 1.51. The number of unbranched alkanes of at least 4 members (excludes halogenated alkanes) is 2. The molecule has 0 radical (unpaired) electrons. The molecule has 5 nitrogen and oxygen atoms in total. The number of carboxylic acids is 1. The number of nitrogens with one attached hydrogen (secondary N) is 1. The van der Waals surface area contributed by atoms with E-state index in [9.17, 15) is 14.7 Å². The van der Waals surface area contributed by atoms with E-state index in [0.717, 1.165) is 47.9 Å². The minimum absolute atomic E-state index is 0.0398. The number of rotatable bonds is 11. The quantitative estimate of drug-likeness (QED) is 0.436. The summed E-state index contributed by atoms with van der Waals surface area (Å²) in [5.74, 6) is -0.355. The molecule has 0 fully saturated rings. The maximum Gasteiger partial charge on any atom is 0.407 e. The predicted octanol–water partition coefficient (Wildman–Crippen LogP) is 5.97. The second-order valence-corrected chi connectivity index (χ2v) is 8.51. The summed E-state index contributed by atoms with van der Waals surface area (Å²) in [6.45, 7) is 4.60. The van der Waals surface area contributed by atoms with Gasteiger partial charge in [-0.15, -0.1) is 0 Å². The van der Waals surface area contributed by atoms with Crippen molar-refractivity contribution in [3.05, 3.63) is 59.7 Å². The molecular formula is C26H33NO4. The average molecular weight is 424 g/mol. The monoisotopic (exact) mass is 423 g/mol. The molecular weight excluding hydrogens is 390 g/mol. The van der Waals surface area contributed by atoms with Crippen LogP contribution < -0.4 is 5.32 Å². The first-order valence-corrected chi connectivity index (χ1v) is 11.4. The van der Waals surface area contributed by atoms with Gasteiger partial charge >= 0.3 is 12.1 Å². The lowest BCUT2D eigenvalue weighted by Gasteiger charge is -2.17. The highest BCUT2D eigenvalue weighted by Gasteiger charge is 2.29. The number of fused-ring (bicyclic) bond motifs is 3. The van der Waals surface area contributed by atoms with Gasteiger partial charge in [0.2, 0.25) is 0 Å². The van der Waals surface area contributed by atoms with Crippen molar-refractivity contribution in [2.45, 2.75) is 64.3 Å². The molecule has 166 valence electrons. The van der Waals surface area contributed by atoms with Crippen LogP contribution in [-0.2, 0) is 9.53 Å². The summed E-state index contributed by atoms with van der Waals surface area (Å²) in [7, 11) is 0. The van der Waals surface area contributed by atoms with Gasteiger partial charge in [-0.3, -0.25) is 0 Å². The van der Waals surface area contributed by atoms with Crippen LogP contribution in [0.4, 0.5) is 4.79 Å². The molecule has 5 heteroatoms. The van der Waals surface area contributed by atoms with Crippen molar-refractivity contribution < 1.29 is 19.4 Å². The second-order valence-electron chi connectivity index (χ2n) is 8.51. The fraction of sp³-hybridized carbons (Fsp3) is 0.462. The van der Waals surface area contributed by atoms with E-state index < -0.39 is 18.1 Å². The minimum Gasteiger partial charge on any atom is -0.480 e. The van der Waals surface area contributed by atoms with E-state index in [-0.39, 0.29) is 12.5 Å². The summed E-state index contributed by atoms with van der Waals surface area (Å²) in [6.07, 6.45) is 4.91. The largest absolute Gasteiger partial charge is 0.480 e. The van der Waals surface area contributed by atoms with Crippen molar-refractivity contribution in [2.24, 2.45) is 5.92 Å². The number of hydrogen-bond acceptors (Lipinski definition) is 3. The molecule has 2 aromatic rings. The van der Waals surface area contributed by atoms with Gasteiger partial charge in [-0.25, -0.2) is 9.59 Å². The Morgan fingerprint density at radius 1 is 0.968 bits per heavy atom. The Morgan fingerprint density at radius 2 is 1.55 bits per heavy atom. The van der Waals surface area contributed by atoms with Crippen LogP contribution in [0.3, 0.4) is 0 Å².